The summed E-state index contributed by atoms with van der Waals surface area (Å²) < 4.78 is 12.8. The Bertz CT molecular complexity index is 858. The molecule has 3 fully saturated rings. The van der Waals surface area contributed by atoms with Crippen molar-refractivity contribution in [3.63, 3.8) is 0 Å². The van der Waals surface area contributed by atoms with Gasteiger partial charge >= 0.3 is 0 Å². The number of ether oxygens (including phenoxy) is 1. The van der Waals surface area contributed by atoms with Crippen LogP contribution in [0.25, 0.3) is 0 Å². The third kappa shape index (κ3) is 5.39. The van der Waals surface area contributed by atoms with Gasteiger partial charge in [0, 0.05) is 13.2 Å². The number of fused-ring (bicyclic) bond motifs is 5. The molecule has 4 rings (SSSR count). The predicted octanol–water partition coefficient (Wildman–Crippen LogP) is 9.01. The first kappa shape index (κ1) is 30.8. The van der Waals surface area contributed by atoms with Gasteiger partial charge in [-0.3, -0.25) is 0 Å². The van der Waals surface area contributed by atoms with Gasteiger partial charge in [0.1, 0.15) is 0 Å². The topological polar surface area (TPSA) is 38.7 Å². The van der Waals surface area contributed by atoms with Crippen LogP contribution in [-0.2, 0) is 9.16 Å². The lowest BCUT2D eigenvalue weighted by atomic mass is 9.47. The molecule has 3 saturated carbocycles. The molecule has 10 atom stereocenters. The van der Waals surface area contributed by atoms with Crippen molar-refractivity contribution >= 4 is 8.32 Å². The van der Waals surface area contributed by atoms with E-state index in [2.05, 4.69) is 74.6 Å². The fraction of sp³-hybridized carbons (Fsp3) is 0.941. The second-order valence-corrected chi connectivity index (χ2v) is 21.2. The second kappa shape index (κ2) is 10.9. The molecule has 0 bridgehead atoms. The van der Waals surface area contributed by atoms with Gasteiger partial charge < -0.3 is 14.3 Å². The average Bonchev–Trinajstić information content (AvgIpc) is 3.18. The zero-order valence-corrected chi connectivity index (χ0v) is 27.9. The van der Waals surface area contributed by atoms with Gasteiger partial charge in [-0.1, -0.05) is 67.0 Å². The van der Waals surface area contributed by atoms with Crippen LogP contribution >= 0.6 is 0 Å². The molecule has 220 valence electrons. The SMILES string of the molecule is CO[C@H](CC(C)C)[C@H](O)[C@@H](C)[C@H]1CC[C@H]2[C@@H]3CC=C4CC(O[Si](C)(C)C(C)(C)C)CC[C@]4(C)[C@H]3CC[C@]12C. The average molecular weight is 547 g/mol. The summed E-state index contributed by atoms with van der Waals surface area (Å²) in [4.78, 5) is 0. The Labute approximate surface area is 237 Å². The van der Waals surface area contributed by atoms with Gasteiger partial charge in [0.05, 0.1) is 12.2 Å². The van der Waals surface area contributed by atoms with E-state index in [0.717, 1.165) is 30.6 Å². The fourth-order valence-corrected chi connectivity index (χ4v) is 11.0. The van der Waals surface area contributed by atoms with Gasteiger partial charge in [0.2, 0.25) is 0 Å². The maximum Gasteiger partial charge on any atom is 0.192 e. The summed E-state index contributed by atoms with van der Waals surface area (Å²) in [5, 5.41) is 11.7. The molecule has 0 aromatic rings. The van der Waals surface area contributed by atoms with Gasteiger partial charge in [-0.2, -0.15) is 0 Å². The van der Waals surface area contributed by atoms with Gasteiger partial charge in [-0.15, -0.1) is 0 Å². The number of allylic oxidation sites excluding steroid dienone is 1. The molecule has 0 aromatic carbocycles. The molecule has 0 aromatic heterocycles. The van der Waals surface area contributed by atoms with Crippen LogP contribution in [0.1, 0.15) is 113 Å². The fourth-order valence-electron chi connectivity index (χ4n) is 9.64. The van der Waals surface area contributed by atoms with Crippen molar-refractivity contribution in [2.45, 2.75) is 150 Å². The van der Waals surface area contributed by atoms with E-state index in [1.807, 2.05) is 0 Å². The molecule has 1 unspecified atom stereocenters. The molecular weight excluding hydrogens is 484 g/mol. The van der Waals surface area contributed by atoms with Crippen LogP contribution in [0.4, 0.5) is 0 Å². The summed E-state index contributed by atoms with van der Waals surface area (Å²) in [6.45, 7) is 23.9. The molecule has 0 spiro atoms. The zero-order valence-electron chi connectivity index (χ0n) is 26.9. The molecule has 0 aliphatic heterocycles. The molecule has 1 N–H and O–H groups in total. The smallest absolute Gasteiger partial charge is 0.192 e. The van der Waals surface area contributed by atoms with Crippen molar-refractivity contribution in [2.24, 2.45) is 46.3 Å². The number of hydrogen-bond donors (Lipinski definition) is 1. The Kier molecular flexibility index (Phi) is 8.84. The van der Waals surface area contributed by atoms with E-state index >= 15 is 0 Å². The lowest BCUT2D eigenvalue weighted by Gasteiger charge is -2.59. The first-order valence-electron chi connectivity index (χ1n) is 16.1. The first-order valence-corrected chi connectivity index (χ1v) is 19.0. The Morgan fingerprint density at radius 1 is 1.03 bits per heavy atom. The van der Waals surface area contributed by atoms with Gasteiger partial charge in [-0.25, -0.2) is 0 Å². The van der Waals surface area contributed by atoms with E-state index in [1.54, 1.807) is 12.7 Å². The van der Waals surface area contributed by atoms with E-state index in [-0.39, 0.29) is 17.2 Å². The molecule has 0 radical (unpaired) electrons. The van der Waals surface area contributed by atoms with Crippen LogP contribution in [0.15, 0.2) is 11.6 Å². The summed E-state index contributed by atoms with van der Waals surface area (Å²) >= 11 is 0. The third-order valence-corrected chi connectivity index (χ3v) is 17.5. The summed E-state index contributed by atoms with van der Waals surface area (Å²) in [7, 11) is 0.0437. The molecule has 0 saturated heterocycles. The van der Waals surface area contributed by atoms with E-state index in [1.165, 1.54) is 44.9 Å². The van der Waals surface area contributed by atoms with Crippen LogP contribution in [0, 0.1) is 46.3 Å². The van der Waals surface area contributed by atoms with Crippen molar-refractivity contribution in [1.82, 2.24) is 0 Å². The summed E-state index contributed by atoms with van der Waals surface area (Å²) in [6, 6.07) is 0. The lowest BCUT2D eigenvalue weighted by Crippen LogP contribution is -2.52. The second-order valence-electron chi connectivity index (χ2n) is 16.5. The van der Waals surface area contributed by atoms with Gasteiger partial charge in [0.15, 0.2) is 8.32 Å². The van der Waals surface area contributed by atoms with Crippen LogP contribution in [0.3, 0.4) is 0 Å². The van der Waals surface area contributed by atoms with Crippen molar-refractivity contribution in [2.75, 3.05) is 7.11 Å². The number of rotatable bonds is 8. The maximum absolute atomic E-state index is 11.4. The van der Waals surface area contributed by atoms with Crippen LogP contribution < -0.4 is 0 Å². The van der Waals surface area contributed by atoms with Crippen LogP contribution in [0.2, 0.25) is 18.1 Å². The van der Waals surface area contributed by atoms with Crippen molar-refractivity contribution in [3.05, 3.63) is 11.6 Å². The zero-order chi connectivity index (χ0) is 28.3. The number of aliphatic hydroxyl groups is 1. The number of aliphatic hydroxyl groups excluding tert-OH is 1. The van der Waals surface area contributed by atoms with Crippen molar-refractivity contribution < 1.29 is 14.3 Å². The van der Waals surface area contributed by atoms with Gasteiger partial charge in [0.25, 0.3) is 0 Å². The summed E-state index contributed by atoms with van der Waals surface area (Å²) in [6.07, 6.45) is 13.9. The molecule has 4 aliphatic carbocycles. The number of hydrogen-bond acceptors (Lipinski definition) is 3. The lowest BCUT2D eigenvalue weighted by molar-refractivity contribution is -0.0946. The molecule has 0 amide bonds. The van der Waals surface area contributed by atoms with E-state index < -0.39 is 8.32 Å². The molecule has 4 aliphatic rings. The highest BCUT2D eigenvalue weighted by Crippen LogP contribution is 2.67. The normalized spacial score (nSPS) is 40.1. The van der Waals surface area contributed by atoms with E-state index in [4.69, 9.17) is 9.16 Å². The van der Waals surface area contributed by atoms with Gasteiger partial charge in [-0.05, 0) is 122 Å². The van der Waals surface area contributed by atoms with E-state index in [9.17, 15) is 5.11 Å². The van der Waals surface area contributed by atoms with E-state index in [0.29, 0.717) is 34.7 Å². The summed E-state index contributed by atoms with van der Waals surface area (Å²) in [5.74, 6) is 3.85. The quantitative estimate of drug-likeness (QED) is 0.244. The molecule has 38 heavy (non-hydrogen) atoms. The Morgan fingerprint density at radius 2 is 1.71 bits per heavy atom. The van der Waals surface area contributed by atoms with Crippen LogP contribution in [0.5, 0.6) is 0 Å². The minimum absolute atomic E-state index is 0.0493. The predicted molar refractivity (Wildman–Crippen MR) is 163 cm³/mol. The minimum Gasteiger partial charge on any atom is -0.414 e. The Balaban J connectivity index is 1.49. The molecular formula is C34H62O3Si. The maximum atomic E-state index is 11.4. The highest BCUT2D eigenvalue weighted by Gasteiger charge is 2.60. The minimum atomic E-state index is -1.74. The summed E-state index contributed by atoms with van der Waals surface area (Å²) in [5.41, 5.74) is 2.44. The third-order valence-electron chi connectivity index (χ3n) is 13.0. The first-order chi connectivity index (χ1) is 17.5. The molecule has 0 heterocycles. The molecule has 3 nitrogen and oxygen atoms in total. The standard InChI is InChI=1S/C34H62O3Si/c1-22(2)20-30(36-9)31(35)23(3)27-14-15-28-26-13-12-24-21-25(37-38(10,11)32(4,5)6)16-18-33(24,7)29(26)17-19-34(27,28)8/h12,22-23,25-31,35H,13-21H2,1-11H3/t23-,25?,26-,27+,28-,29-,30+,31+,33-,34+/m0/s1. The number of methoxy groups -OCH3 is 1. The Hall–Kier alpha value is -0.163. The van der Waals surface area contributed by atoms with Crippen molar-refractivity contribution in [3.8, 4) is 0 Å². The Morgan fingerprint density at radius 3 is 2.32 bits per heavy atom. The largest absolute Gasteiger partial charge is 0.414 e. The van der Waals surface area contributed by atoms with Crippen LogP contribution in [-0.4, -0.2) is 38.8 Å². The highest BCUT2D eigenvalue weighted by atomic mass is 28.4. The highest BCUT2D eigenvalue weighted by molar-refractivity contribution is 6.74. The molecule has 4 heteroatoms. The monoisotopic (exact) mass is 546 g/mol. The van der Waals surface area contributed by atoms with Crippen molar-refractivity contribution in [1.29, 1.82) is 0 Å².